The Balaban J connectivity index is 1.22. The van der Waals surface area contributed by atoms with Crippen molar-refractivity contribution in [1.82, 2.24) is 0 Å². The van der Waals surface area contributed by atoms with Crippen LogP contribution in [0, 0.1) is 17.8 Å². The van der Waals surface area contributed by atoms with E-state index in [-0.39, 0.29) is 11.9 Å². The number of fused-ring (bicyclic) bond motifs is 8. The number of ether oxygens (including phenoxy) is 1. The summed E-state index contributed by atoms with van der Waals surface area (Å²) in [6, 6.07) is 17.3. The Morgan fingerprint density at radius 2 is 1.84 bits per heavy atom. The van der Waals surface area contributed by atoms with Crippen molar-refractivity contribution in [1.29, 1.82) is 0 Å². The second-order valence-electron chi connectivity index (χ2n) is 11.1. The number of nitrogens with one attached hydrogen (secondary N) is 2. The third-order valence-corrected chi connectivity index (χ3v) is 10.5. The number of benzene rings is 2. The third-order valence-electron chi connectivity index (χ3n) is 9.30. The molecule has 3 aliphatic carbocycles. The number of esters is 1. The van der Waals surface area contributed by atoms with Crippen molar-refractivity contribution in [2.75, 3.05) is 17.7 Å². The van der Waals surface area contributed by atoms with Crippen LogP contribution in [0.25, 0.3) is 0 Å². The first-order valence-corrected chi connectivity index (χ1v) is 14.4. The second kappa shape index (κ2) is 9.02. The van der Waals surface area contributed by atoms with Crippen LogP contribution in [0.1, 0.15) is 86.3 Å². The number of anilines is 2. The van der Waals surface area contributed by atoms with Gasteiger partial charge in [0.05, 0.1) is 18.7 Å². The van der Waals surface area contributed by atoms with E-state index in [4.69, 9.17) is 4.74 Å². The molecule has 6 heteroatoms. The maximum absolute atomic E-state index is 13.5. The summed E-state index contributed by atoms with van der Waals surface area (Å²) in [7, 11) is 1.41. The predicted octanol–water partition coefficient (Wildman–Crippen LogP) is 6.96. The zero-order valence-corrected chi connectivity index (χ0v) is 21.9. The predicted molar refractivity (Wildman–Crippen MR) is 147 cm³/mol. The second-order valence-corrected chi connectivity index (χ2v) is 12.2. The molecular formula is C31H32N2O3S. The Morgan fingerprint density at radius 1 is 1.03 bits per heavy atom. The Bertz CT molecular complexity index is 1380. The standard InChI is InChI=1S/C31H32N2O3S/c1-36-31(35)27-21-9-5-6-10-24(21)37-30(27)33-29(34)20-13-14-23-22(16-20)25-18-11-12-19(15-18)26(25)28(32-23)17-7-3-2-4-8-17/h2-4,7-8,13-14,16,18-19,25-26,28,32H,5-6,9-12,15H2,1H3,(H,33,34)/t18-,19-,25-,26+,28+/m0/s1. The van der Waals surface area contributed by atoms with E-state index in [1.165, 1.54) is 53.7 Å². The first kappa shape index (κ1) is 23.0. The molecule has 7 rings (SSSR count). The lowest BCUT2D eigenvalue weighted by Gasteiger charge is -2.43. The Kier molecular flexibility index (Phi) is 5.61. The fourth-order valence-electron chi connectivity index (χ4n) is 7.76. The average Bonchev–Trinajstić information content (AvgIpc) is 3.66. The van der Waals surface area contributed by atoms with Gasteiger partial charge >= 0.3 is 5.97 Å². The summed E-state index contributed by atoms with van der Waals surface area (Å²) in [6.45, 7) is 0. The molecule has 0 unspecified atom stereocenters. The molecule has 2 heterocycles. The van der Waals surface area contributed by atoms with Crippen LogP contribution in [-0.2, 0) is 17.6 Å². The summed E-state index contributed by atoms with van der Waals surface area (Å²) >= 11 is 1.54. The van der Waals surface area contributed by atoms with Crippen LogP contribution < -0.4 is 10.6 Å². The molecule has 0 saturated heterocycles. The minimum absolute atomic E-state index is 0.156. The topological polar surface area (TPSA) is 67.4 Å². The summed E-state index contributed by atoms with van der Waals surface area (Å²) in [5.41, 5.74) is 6.06. The van der Waals surface area contributed by atoms with Crippen molar-refractivity contribution in [3.8, 4) is 0 Å². The highest BCUT2D eigenvalue weighted by Crippen LogP contribution is 2.63. The van der Waals surface area contributed by atoms with Crippen LogP contribution in [-0.4, -0.2) is 19.0 Å². The van der Waals surface area contributed by atoms with Crippen molar-refractivity contribution >= 4 is 33.9 Å². The van der Waals surface area contributed by atoms with Gasteiger partial charge in [-0.3, -0.25) is 4.79 Å². The maximum atomic E-state index is 13.5. The van der Waals surface area contributed by atoms with E-state index in [0.29, 0.717) is 39.9 Å². The molecular weight excluding hydrogens is 480 g/mol. The monoisotopic (exact) mass is 512 g/mol. The minimum Gasteiger partial charge on any atom is -0.465 e. The number of methoxy groups -OCH3 is 1. The lowest BCUT2D eigenvalue weighted by atomic mass is 9.68. The van der Waals surface area contributed by atoms with Gasteiger partial charge in [0.25, 0.3) is 5.91 Å². The molecule has 5 atom stereocenters. The van der Waals surface area contributed by atoms with E-state index in [1.54, 1.807) is 0 Å². The Hall–Kier alpha value is -3.12. The van der Waals surface area contributed by atoms with Gasteiger partial charge in [0.2, 0.25) is 0 Å². The molecule has 1 aliphatic heterocycles. The molecule has 37 heavy (non-hydrogen) atoms. The van der Waals surface area contributed by atoms with Crippen molar-refractivity contribution in [3.05, 3.63) is 81.2 Å². The first-order chi connectivity index (χ1) is 18.1. The Morgan fingerprint density at radius 3 is 2.68 bits per heavy atom. The normalized spacial score (nSPS) is 27.0. The fraction of sp³-hybridized carbons (Fsp3) is 0.419. The zero-order valence-electron chi connectivity index (χ0n) is 21.1. The molecule has 0 spiro atoms. The van der Waals surface area contributed by atoms with Crippen LogP contribution >= 0.6 is 11.3 Å². The summed E-state index contributed by atoms with van der Waals surface area (Å²) in [5.74, 6) is 1.95. The smallest absolute Gasteiger partial charge is 0.341 e. The van der Waals surface area contributed by atoms with Crippen molar-refractivity contribution in [3.63, 3.8) is 0 Å². The number of hydrogen-bond acceptors (Lipinski definition) is 5. The highest BCUT2D eigenvalue weighted by Gasteiger charge is 2.53. The molecule has 2 aromatic carbocycles. The molecule has 2 fully saturated rings. The van der Waals surface area contributed by atoms with E-state index in [1.807, 2.05) is 6.07 Å². The first-order valence-electron chi connectivity index (χ1n) is 13.6. The van der Waals surface area contributed by atoms with Crippen molar-refractivity contribution in [2.24, 2.45) is 17.8 Å². The molecule has 0 radical (unpaired) electrons. The van der Waals surface area contributed by atoms with Crippen LogP contribution in [0.3, 0.4) is 0 Å². The number of aryl methyl sites for hydroxylation is 1. The highest BCUT2D eigenvalue weighted by atomic mass is 32.1. The maximum Gasteiger partial charge on any atom is 0.341 e. The molecule has 2 saturated carbocycles. The minimum atomic E-state index is -0.360. The third kappa shape index (κ3) is 3.71. The number of thiophene rings is 1. The van der Waals surface area contributed by atoms with Crippen LogP contribution in [0.5, 0.6) is 0 Å². The van der Waals surface area contributed by atoms with Gasteiger partial charge < -0.3 is 15.4 Å². The van der Waals surface area contributed by atoms with Gasteiger partial charge in [-0.15, -0.1) is 11.3 Å². The highest BCUT2D eigenvalue weighted by molar-refractivity contribution is 7.17. The van der Waals surface area contributed by atoms with Crippen molar-refractivity contribution in [2.45, 2.75) is 56.9 Å². The van der Waals surface area contributed by atoms with Gasteiger partial charge in [-0.1, -0.05) is 30.3 Å². The SMILES string of the molecule is COC(=O)c1c(NC(=O)c2ccc3c(c2)[C@@H]2[C@H]4CC[C@@H](C4)[C@H]2[C@@H](c2ccccc2)N3)sc2c1CCCC2. The molecule has 190 valence electrons. The largest absolute Gasteiger partial charge is 0.465 e. The summed E-state index contributed by atoms with van der Waals surface area (Å²) < 4.78 is 5.09. The molecule has 3 aromatic rings. The van der Waals surface area contributed by atoms with Gasteiger partial charge in [0.15, 0.2) is 0 Å². The van der Waals surface area contributed by atoms with E-state index < -0.39 is 0 Å². The summed E-state index contributed by atoms with van der Waals surface area (Å²) in [6.07, 6.45) is 7.89. The molecule has 1 aromatic heterocycles. The van der Waals surface area contributed by atoms with Crippen LogP contribution in [0.4, 0.5) is 10.7 Å². The quantitative estimate of drug-likeness (QED) is 0.371. The van der Waals surface area contributed by atoms with E-state index in [0.717, 1.165) is 42.9 Å². The lowest BCUT2D eigenvalue weighted by Crippen LogP contribution is -2.35. The summed E-state index contributed by atoms with van der Waals surface area (Å²) in [4.78, 5) is 27.4. The zero-order chi connectivity index (χ0) is 25.1. The fourth-order valence-corrected chi connectivity index (χ4v) is 9.04. The number of rotatable bonds is 4. The Labute approximate surface area is 221 Å². The average molecular weight is 513 g/mol. The number of carbonyl (C=O) groups excluding carboxylic acids is 2. The van der Waals surface area contributed by atoms with Gasteiger partial charge in [-0.25, -0.2) is 4.79 Å². The van der Waals surface area contributed by atoms with E-state index in [9.17, 15) is 9.59 Å². The number of hydrogen-bond donors (Lipinski definition) is 2. The molecule has 1 amide bonds. The molecule has 2 N–H and O–H groups in total. The lowest BCUT2D eigenvalue weighted by molar-refractivity contribution is 0.0601. The molecule has 2 bridgehead atoms. The van der Waals surface area contributed by atoms with Crippen LogP contribution in [0.2, 0.25) is 0 Å². The molecule has 4 aliphatic rings. The van der Waals surface area contributed by atoms with E-state index >= 15 is 0 Å². The van der Waals surface area contributed by atoms with Crippen LogP contribution in [0.15, 0.2) is 48.5 Å². The number of amides is 1. The van der Waals surface area contributed by atoms with Gasteiger partial charge in [-0.05, 0) is 104 Å². The van der Waals surface area contributed by atoms with Gasteiger partial charge in [-0.2, -0.15) is 0 Å². The van der Waals surface area contributed by atoms with E-state index in [2.05, 4.69) is 53.1 Å². The van der Waals surface area contributed by atoms with Gasteiger partial charge in [0.1, 0.15) is 5.00 Å². The summed E-state index contributed by atoms with van der Waals surface area (Å²) in [5, 5.41) is 7.58. The van der Waals surface area contributed by atoms with Gasteiger partial charge in [0, 0.05) is 16.1 Å². The number of carbonyl (C=O) groups is 2. The van der Waals surface area contributed by atoms with Crippen molar-refractivity contribution < 1.29 is 14.3 Å². The molecule has 5 nitrogen and oxygen atoms in total.